The Labute approximate surface area is 241 Å². The second-order valence-corrected chi connectivity index (χ2v) is 9.15. The number of carbonyl (C=O) groups excluding carboxylic acids is 3. The standard InChI is InChI=1S/C30H24F3NO9/c1-40-27(37)13-12-26(36)28-23-15-22(43-29(38)39)10-11-24(23)34-25(28)14-18(35)16-41-19-6-8-21(9-7-19)42-20-4-2-17(3-5-20)30(31,32)33/h2-11,15,34H,12-14,16H2,1H3,(H,38,39). The summed E-state index contributed by atoms with van der Waals surface area (Å²) in [6, 6.07) is 14.5. The zero-order valence-corrected chi connectivity index (χ0v) is 22.5. The van der Waals surface area contributed by atoms with Crippen molar-refractivity contribution in [2.45, 2.75) is 25.4 Å². The number of ketones is 2. The zero-order chi connectivity index (χ0) is 31.1. The van der Waals surface area contributed by atoms with Gasteiger partial charge in [0.25, 0.3) is 0 Å². The fraction of sp³-hybridized carbons (Fsp3) is 0.200. The Hall–Kier alpha value is -5.33. The van der Waals surface area contributed by atoms with E-state index in [2.05, 4.69) is 14.5 Å². The number of ether oxygens (including phenoxy) is 4. The number of carboxylic acid groups (broad SMARTS) is 1. The lowest BCUT2D eigenvalue weighted by molar-refractivity contribution is -0.140. The Balaban J connectivity index is 1.43. The Kier molecular flexibility index (Phi) is 9.33. The summed E-state index contributed by atoms with van der Waals surface area (Å²) in [5, 5.41) is 9.25. The molecule has 0 atom stereocenters. The van der Waals surface area contributed by atoms with E-state index in [1.54, 1.807) is 0 Å². The number of aromatic amines is 1. The molecule has 0 fully saturated rings. The third kappa shape index (κ3) is 8.12. The fourth-order valence-electron chi connectivity index (χ4n) is 4.15. The van der Waals surface area contributed by atoms with Crippen LogP contribution in [0.1, 0.15) is 34.5 Å². The summed E-state index contributed by atoms with van der Waals surface area (Å²) < 4.78 is 58.6. The molecule has 0 unspecified atom stereocenters. The molecule has 1 heterocycles. The number of aromatic nitrogens is 1. The SMILES string of the molecule is COC(=O)CCC(=O)c1c(CC(=O)COc2ccc(Oc3ccc(C(F)(F)F)cc3)cc2)[nH]c2ccc(OC(=O)O)cc12. The lowest BCUT2D eigenvalue weighted by atomic mass is 10.0. The number of Topliss-reactive ketones (excluding diaryl/α,β-unsaturated/α-hetero) is 2. The Morgan fingerprint density at radius 2 is 1.44 bits per heavy atom. The van der Waals surface area contributed by atoms with Crippen LogP contribution in [0.25, 0.3) is 10.9 Å². The summed E-state index contributed by atoms with van der Waals surface area (Å²) in [7, 11) is 1.19. The summed E-state index contributed by atoms with van der Waals surface area (Å²) >= 11 is 0. The van der Waals surface area contributed by atoms with Gasteiger partial charge < -0.3 is 29.0 Å². The molecule has 0 aliphatic rings. The number of hydrogen-bond acceptors (Lipinski definition) is 8. The molecule has 224 valence electrons. The Morgan fingerprint density at radius 3 is 2.05 bits per heavy atom. The zero-order valence-electron chi connectivity index (χ0n) is 22.5. The first-order valence-corrected chi connectivity index (χ1v) is 12.7. The maximum absolute atomic E-state index is 13.1. The van der Waals surface area contributed by atoms with Gasteiger partial charge in [-0.15, -0.1) is 0 Å². The molecule has 0 bridgehead atoms. The van der Waals surface area contributed by atoms with Gasteiger partial charge in [-0.3, -0.25) is 14.4 Å². The van der Waals surface area contributed by atoms with Crippen LogP contribution in [0.15, 0.2) is 66.7 Å². The minimum atomic E-state index is -4.45. The summed E-state index contributed by atoms with van der Waals surface area (Å²) in [5.74, 6) is -0.642. The highest BCUT2D eigenvalue weighted by Crippen LogP contribution is 2.32. The first-order chi connectivity index (χ1) is 20.4. The third-order valence-corrected chi connectivity index (χ3v) is 6.13. The molecular formula is C30H24F3NO9. The molecule has 0 saturated heterocycles. The van der Waals surface area contributed by atoms with Gasteiger partial charge in [0.1, 0.15) is 29.6 Å². The van der Waals surface area contributed by atoms with Gasteiger partial charge in [0.2, 0.25) is 0 Å². The number of alkyl halides is 3. The number of benzene rings is 3. The van der Waals surface area contributed by atoms with Gasteiger partial charge in [-0.1, -0.05) is 0 Å². The van der Waals surface area contributed by atoms with E-state index >= 15 is 0 Å². The van der Waals surface area contributed by atoms with Crippen molar-refractivity contribution >= 4 is 34.6 Å². The van der Waals surface area contributed by atoms with Crippen LogP contribution in [0, 0.1) is 0 Å². The van der Waals surface area contributed by atoms with Crippen LogP contribution in [0.4, 0.5) is 18.0 Å². The second-order valence-electron chi connectivity index (χ2n) is 9.15. The molecule has 10 nitrogen and oxygen atoms in total. The molecule has 0 radical (unpaired) electrons. The number of fused-ring (bicyclic) bond motifs is 1. The molecule has 13 heteroatoms. The second kappa shape index (κ2) is 13.1. The van der Waals surface area contributed by atoms with Crippen molar-refractivity contribution in [3.05, 3.63) is 83.6 Å². The quantitative estimate of drug-likeness (QED) is 0.108. The molecule has 0 spiro atoms. The highest BCUT2D eigenvalue weighted by molar-refractivity contribution is 6.11. The van der Waals surface area contributed by atoms with Crippen molar-refractivity contribution in [3.63, 3.8) is 0 Å². The highest BCUT2D eigenvalue weighted by Gasteiger charge is 2.30. The molecule has 43 heavy (non-hydrogen) atoms. The van der Waals surface area contributed by atoms with E-state index in [-0.39, 0.29) is 48.6 Å². The molecule has 0 saturated carbocycles. The van der Waals surface area contributed by atoms with Gasteiger partial charge in [-0.2, -0.15) is 13.2 Å². The molecule has 2 N–H and O–H groups in total. The molecule has 4 rings (SSSR count). The summed E-state index contributed by atoms with van der Waals surface area (Å²) in [6.07, 6.45) is -6.63. The number of esters is 1. The first kappa shape index (κ1) is 30.6. The van der Waals surface area contributed by atoms with Crippen LogP contribution in [0.2, 0.25) is 0 Å². The van der Waals surface area contributed by atoms with E-state index in [1.807, 2.05) is 0 Å². The topological polar surface area (TPSA) is 141 Å². The van der Waals surface area contributed by atoms with E-state index in [9.17, 15) is 32.3 Å². The molecule has 3 aromatic carbocycles. The van der Waals surface area contributed by atoms with Gasteiger partial charge in [0.15, 0.2) is 11.6 Å². The number of methoxy groups -OCH3 is 1. The van der Waals surface area contributed by atoms with E-state index in [1.165, 1.54) is 61.7 Å². The number of hydrogen-bond donors (Lipinski definition) is 2. The first-order valence-electron chi connectivity index (χ1n) is 12.7. The number of H-pyrrole nitrogens is 1. The van der Waals surface area contributed by atoms with Crippen LogP contribution < -0.4 is 14.2 Å². The van der Waals surface area contributed by atoms with Crippen LogP contribution in [0.3, 0.4) is 0 Å². The summed E-state index contributed by atoms with van der Waals surface area (Å²) in [4.78, 5) is 51.5. The van der Waals surface area contributed by atoms with Crippen LogP contribution >= 0.6 is 0 Å². The number of carbonyl (C=O) groups is 4. The highest BCUT2D eigenvalue weighted by atomic mass is 19.4. The van der Waals surface area contributed by atoms with Gasteiger partial charge in [0.05, 0.1) is 25.5 Å². The van der Waals surface area contributed by atoms with E-state index in [0.717, 1.165) is 12.1 Å². The third-order valence-electron chi connectivity index (χ3n) is 6.13. The Bertz CT molecular complexity index is 1640. The van der Waals surface area contributed by atoms with Gasteiger partial charge in [-0.25, -0.2) is 4.79 Å². The van der Waals surface area contributed by atoms with E-state index in [0.29, 0.717) is 22.4 Å². The molecule has 0 amide bonds. The fourth-order valence-corrected chi connectivity index (χ4v) is 4.15. The number of halogens is 3. The molecule has 0 aliphatic heterocycles. The van der Waals surface area contributed by atoms with Crippen molar-refractivity contribution in [3.8, 4) is 23.0 Å². The smallest absolute Gasteiger partial charge is 0.486 e. The molecular weight excluding hydrogens is 575 g/mol. The predicted octanol–water partition coefficient (Wildman–Crippen LogP) is 6.36. The Morgan fingerprint density at radius 1 is 0.837 bits per heavy atom. The van der Waals surface area contributed by atoms with Crippen molar-refractivity contribution in [1.82, 2.24) is 4.98 Å². The molecule has 4 aromatic rings. The summed E-state index contributed by atoms with van der Waals surface area (Å²) in [5.41, 5.74) is 0.0287. The maximum atomic E-state index is 13.1. The average molecular weight is 600 g/mol. The number of nitrogens with one attached hydrogen (secondary N) is 1. The van der Waals surface area contributed by atoms with Gasteiger partial charge >= 0.3 is 18.3 Å². The van der Waals surface area contributed by atoms with Crippen molar-refractivity contribution in [2.24, 2.45) is 0 Å². The lowest BCUT2D eigenvalue weighted by Crippen LogP contribution is -2.16. The van der Waals surface area contributed by atoms with E-state index in [4.69, 9.17) is 14.6 Å². The maximum Gasteiger partial charge on any atom is 0.511 e. The normalized spacial score (nSPS) is 11.2. The molecule has 1 aromatic heterocycles. The van der Waals surface area contributed by atoms with Gasteiger partial charge in [0, 0.05) is 28.6 Å². The van der Waals surface area contributed by atoms with Crippen LogP contribution in [0.5, 0.6) is 23.0 Å². The predicted molar refractivity (Wildman–Crippen MR) is 145 cm³/mol. The van der Waals surface area contributed by atoms with Crippen molar-refractivity contribution < 1.29 is 56.4 Å². The van der Waals surface area contributed by atoms with Crippen LogP contribution in [-0.4, -0.2) is 47.5 Å². The minimum absolute atomic E-state index is 0.0343. The van der Waals surface area contributed by atoms with Crippen LogP contribution in [-0.2, 0) is 26.9 Å². The van der Waals surface area contributed by atoms with E-state index < -0.39 is 35.4 Å². The minimum Gasteiger partial charge on any atom is -0.486 e. The largest absolute Gasteiger partial charge is 0.511 e. The lowest BCUT2D eigenvalue weighted by Gasteiger charge is -2.10. The van der Waals surface area contributed by atoms with Crippen molar-refractivity contribution in [2.75, 3.05) is 13.7 Å². The van der Waals surface area contributed by atoms with Gasteiger partial charge in [-0.05, 0) is 66.7 Å². The average Bonchev–Trinajstić information content (AvgIpc) is 3.31. The monoisotopic (exact) mass is 599 g/mol. The summed E-state index contributed by atoms with van der Waals surface area (Å²) in [6.45, 7) is -0.363. The molecule has 0 aliphatic carbocycles. The van der Waals surface area contributed by atoms with Crippen molar-refractivity contribution in [1.29, 1.82) is 0 Å². The number of rotatable bonds is 12.